The predicted molar refractivity (Wildman–Crippen MR) is 128 cm³/mol. The molecule has 7 nitrogen and oxygen atoms in total. The fourth-order valence-corrected chi connectivity index (χ4v) is 6.51. The number of likely N-dealkylation sites (tertiary alicyclic amines) is 1. The van der Waals surface area contributed by atoms with Crippen molar-refractivity contribution in [3.63, 3.8) is 0 Å². The first-order chi connectivity index (χ1) is 15.9. The molecular formula is C24H30ClN3O4S. The Morgan fingerprint density at radius 1 is 1.03 bits per heavy atom. The van der Waals surface area contributed by atoms with Gasteiger partial charge >= 0.3 is 0 Å². The number of carbonyl (C=O) groups excluding carboxylic acids is 1. The van der Waals surface area contributed by atoms with Crippen LogP contribution in [0.5, 0.6) is 5.75 Å². The number of ether oxygens (including phenoxy) is 1. The van der Waals surface area contributed by atoms with Crippen molar-refractivity contribution in [2.75, 3.05) is 45.9 Å². The average molecular weight is 492 g/mol. The van der Waals surface area contributed by atoms with E-state index in [2.05, 4.69) is 17.0 Å². The van der Waals surface area contributed by atoms with Gasteiger partial charge in [0.2, 0.25) is 15.9 Å². The molecule has 2 heterocycles. The maximum atomic E-state index is 13.0. The van der Waals surface area contributed by atoms with Gasteiger partial charge < -0.3 is 9.64 Å². The third-order valence-corrected chi connectivity index (χ3v) is 8.72. The third kappa shape index (κ3) is 5.35. The Labute approximate surface area is 200 Å². The molecule has 2 saturated heterocycles. The maximum absolute atomic E-state index is 13.0. The van der Waals surface area contributed by atoms with Crippen LogP contribution in [0.2, 0.25) is 5.02 Å². The van der Waals surface area contributed by atoms with Crippen LogP contribution in [0.4, 0.5) is 0 Å². The van der Waals surface area contributed by atoms with E-state index in [-0.39, 0.29) is 35.0 Å². The Morgan fingerprint density at radius 2 is 1.73 bits per heavy atom. The molecule has 1 unspecified atom stereocenters. The van der Waals surface area contributed by atoms with E-state index in [1.165, 1.54) is 15.9 Å². The van der Waals surface area contributed by atoms with Crippen LogP contribution in [0.15, 0.2) is 53.4 Å². The molecule has 33 heavy (non-hydrogen) atoms. The van der Waals surface area contributed by atoms with Gasteiger partial charge in [0, 0.05) is 32.2 Å². The molecule has 1 atom stereocenters. The standard InChI is InChI=1S/C24H30ClN3O4S/c1-2-32-20-11-9-19(10-12-20)22-7-5-13-27(22)18-24(29)26-14-16-28(17-15-26)33(30,31)23-8-4-3-6-21(23)25/h3-4,6,8-12,22H,2,5,7,13-18H2,1H3. The van der Waals surface area contributed by atoms with Gasteiger partial charge in [-0.3, -0.25) is 9.69 Å². The van der Waals surface area contributed by atoms with Crippen molar-refractivity contribution < 1.29 is 17.9 Å². The highest BCUT2D eigenvalue weighted by Gasteiger charge is 2.33. The third-order valence-electron chi connectivity index (χ3n) is 6.32. The summed E-state index contributed by atoms with van der Waals surface area (Å²) in [5.74, 6) is 0.897. The fraction of sp³-hybridized carbons (Fsp3) is 0.458. The van der Waals surface area contributed by atoms with E-state index in [0.29, 0.717) is 26.2 Å². The van der Waals surface area contributed by atoms with Gasteiger partial charge in [0.1, 0.15) is 10.6 Å². The Hall–Kier alpha value is -2.13. The summed E-state index contributed by atoms with van der Waals surface area (Å²) in [5, 5.41) is 0.213. The highest BCUT2D eigenvalue weighted by molar-refractivity contribution is 7.89. The summed E-state index contributed by atoms with van der Waals surface area (Å²) in [6.45, 7) is 5.11. The van der Waals surface area contributed by atoms with Gasteiger partial charge in [-0.25, -0.2) is 8.42 Å². The van der Waals surface area contributed by atoms with E-state index in [9.17, 15) is 13.2 Å². The summed E-state index contributed by atoms with van der Waals surface area (Å²) >= 11 is 6.11. The summed E-state index contributed by atoms with van der Waals surface area (Å²) in [7, 11) is -3.67. The summed E-state index contributed by atoms with van der Waals surface area (Å²) in [5.41, 5.74) is 1.19. The number of sulfonamides is 1. The van der Waals surface area contributed by atoms with Crippen LogP contribution in [-0.2, 0) is 14.8 Å². The van der Waals surface area contributed by atoms with Gasteiger partial charge in [0.05, 0.1) is 18.2 Å². The normalized spacial score (nSPS) is 20.2. The van der Waals surface area contributed by atoms with Crippen molar-refractivity contribution >= 4 is 27.5 Å². The molecule has 2 aromatic rings. The van der Waals surface area contributed by atoms with E-state index in [4.69, 9.17) is 16.3 Å². The number of halogens is 1. The first-order valence-corrected chi connectivity index (χ1v) is 13.2. The van der Waals surface area contributed by atoms with Crippen LogP contribution >= 0.6 is 11.6 Å². The highest BCUT2D eigenvalue weighted by atomic mass is 35.5. The lowest BCUT2D eigenvalue weighted by Gasteiger charge is -2.35. The van der Waals surface area contributed by atoms with Crippen LogP contribution < -0.4 is 4.74 Å². The number of nitrogens with zero attached hydrogens (tertiary/aromatic N) is 3. The molecule has 0 radical (unpaired) electrons. The molecule has 178 valence electrons. The molecule has 9 heteroatoms. The zero-order chi connectivity index (χ0) is 23.4. The molecule has 4 rings (SSSR count). The molecule has 0 aromatic heterocycles. The van der Waals surface area contributed by atoms with E-state index < -0.39 is 10.0 Å². The molecule has 0 bridgehead atoms. The van der Waals surface area contributed by atoms with Gasteiger partial charge in [0.25, 0.3) is 0 Å². The lowest BCUT2D eigenvalue weighted by molar-refractivity contribution is -0.133. The molecule has 0 N–H and O–H groups in total. The summed E-state index contributed by atoms with van der Waals surface area (Å²) < 4.78 is 32.8. The van der Waals surface area contributed by atoms with Crippen molar-refractivity contribution in [3.8, 4) is 5.75 Å². The van der Waals surface area contributed by atoms with Crippen molar-refractivity contribution in [2.24, 2.45) is 0 Å². The molecule has 1 amide bonds. The lowest BCUT2D eigenvalue weighted by Crippen LogP contribution is -2.52. The minimum atomic E-state index is -3.67. The van der Waals surface area contributed by atoms with Crippen LogP contribution in [0.25, 0.3) is 0 Å². The Bertz CT molecular complexity index is 1070. The summed E-state index contributed by atoms with van der Waals surface area (Å²) in [6, 6.07) is 14.8. The lowest BCUT2D eigenvalue weighted by atomic mass is 10.0. The van der Waals surface area contributed by atoms with E-state index in [0.717, 1.165) is 25.1 Å². The van der Waals surface area contributed by atoms with Gasteiger partial charge in [-0.2, -0.15) is 4.31 Å². The maximum Gasteiger partial charge on any atom is 0.244 e. The quantitative estimate of drug-likeness (QED) is 0.593. The Balaban J connectivity index is 1.34. The number of carbonyl (C=O) groups is 1. The van der Waals surface area contributed by atoms with E-state index in [1.807, 2.05) is 19.1 Å². The minimum Gasteiger partial charge on any atom is -0.494 e. The van der Waals surface area contributed by atoms with Crippen LogP contribution in [-0.4, -0.2) is 74.3 Å². The summed E-state index contributed by atoms with van der Waals surface area (Å²) in [6.07, 6.45) is 2.07. The first kappa shape index (κ1) is 24.0. The number of hydrogen-bond acceptors (Lipinski definition) is 5. The summed E-state index contributed by atoms with van der Waals surface area (Å²) in [4.78, 5) is 17.1. The number of hydrogen-bond donors (Lipinski definition) is 0. The van der Waals surface area contributed by atoms with Crippen molar-refractivity contribution in [1.29, 1.82) is 0 Å². The van der Waals surface area contributed by atoms with Crippen LogP contribution in [0, 0.1) is 0 Å². The van der Waals surface area contributed by atoms with Crippen LogP contribution in [0.3, 0.4) is 0 Å². The number of amides is 1. The second-order valence-electron chi connectivity index (χ2n) is 8.35. The molecule has 0 saturated carbocycles. The zero-order valence-corrected chi connectivity index (χ0v) is 20.4. The molecule has 2 aliphatic heterocycles. The van der Waals surface area contributed by atoms with Gasteiger partial charge in [0.15, 0.2) is 0 Å². The molecular weight excluding hydrogens is 462 g/mol. The SMILES string of the molecule is CCOc1ccc(C2CCCN2CC(=O)N2CCN(S(=O)(=O)c3ccccc3Cl)CC2)cc1. The predicted octanol–water partition coefficient (Wildman–Crippen LogP) is 3.41. The number of piperazine rings is 1. The number of benzene rings is 2. The monoisotopic (exact) mass is 491 g/mol. The Kier molecular flexibility index (Phi) is 7.58. The largest absolute Gasteiger partial charge is 0.494 e. The molecule has 2 fully saturated rings. The number of rotatable bonds is 7. The van der Waals surface area contributed by atoms with E-state index >= 15 is 0 Å². The molecule has 2 aliphatic rings. The Morgan fingerprint density at radius 3 is 2.39 bits per heavy atom. The first-order valence-electron chi connectivity index (χ1n) is 11.4. The van der Waals surface area contributed by atoms with Crippen LogP contribution in [0.1, 0.15) is 31.4 Å². The van der Waals surface area contributed by atoms with E-state index in [1.54, 1.807) is 23.1 Å². The van der Waals surface area contributed by atoms with Crippen molar-refractivity contribution in [3.05, 3.63) is 59.1 Å². The topological polar surface area (TPSA) is 70.2 Å². The highest BCUT2D eigenvalue weighted by Crippen LogP contribution is 2.33. The molecule has 0 spiro atoms. The fourth-order valence-electron chi connectivity index (χ4n) is 4.59. The van der Waals surface area contributed by atoms with Gasteiger partial charge in [-0.05, 0) is 56.1 Å². The van der Waals surface area contributed by atoms with Crippen molar-refractivity contribution in [1.82, 2.24) is 14.1 Å². The zero-order valence-electron chi connectivity index (χ0n) is 18.8. The molecule has 0 aliphatic carbocycles. The van der Waals surface area contributed by atoms with Gasteiger partial charge in [-0.15, -0.1) is 0 Å². The second-order valence-corrected chi connectivity index (χ2v) is 10.7. The minimum absolute atomic E-state index is 0.0441. The molecule has 2 aromatic carbocycles. The average Bonchev–Trinajstić information content (AvgIpc) is 3.28. The smallest absolute Gasteiger partial charge is 0.244 e. The second kappa shape index (κ2) is 10.4. The van der Waals surface area contributed by atoms with Gasteiger partial charge in [-0.1, -0.05) is 35.9 Å². The van der Waals surface area contributed by atoms with Crippen molar-refractivity contribution in [2.45, 2.75) is 30.7 Å².